The molecule has 150 valence electrons. The first-order chi connectivity index (χ1) is 13.3. The van der Waals surface area contributed by atoms with Gasteiger partial charge in [0, 0.05) is 5.69 Å². The van der Waals surface area contributed by atoms with Gasteiger partial charge < -0.3 is 10.1 Å². The Labute approximate surface area is 166 Å². The second-order valence-electron chi connectivity index (χ2n) is 7.23. The molecule has 6 heteroatoms. The lowest BCUT2D eigenvalue weighted by atomic mass is 9.98. The molecule has 2 aromatic carbocycles. The van der Waals surface area contributed by atoms with Crippen molar-refractivity contribution in [3.05, 3.63) is 58.7 Å². The molecule has 0 atom stereocenters. The van der Waals surface area contributed by atoms with Crippen LogP contribution in [0.2, 0.25) is 0 Å². The summed E-state index contributed by atoms with van der Waals surface area (Å²) in [5.74, 6) is 0.292. The first-order valence-electron chi connectivity index (χ1n) is 9.38. The predicted molar refractivity (Wildman–Crippen MR) is 111 cm³/mol. The molecule has 28 heavy (non-hydrogen) atoms. The number of benzene rings is 2. The highest BCUT2D eigenvalue weighted by atomic mass is 16.5. The minimum absolute atomic E-state index is 0.0564. The molecule has 2 amide bonds. The molecular formula is C22H29N3O3. The van der Waals surface area contributed by atoms with E-state index in [9.17, 15) is 9.59 Å². The zero-order chi connectivity index (χ0) is 20.7. The van der Waals surface area contributed by atoms with E-state index in [0.29, 0.717) is 11.7 Å². The maximum atomic E-state index is 11.9. The molecule has 0 radical (unpaired) electrons. The molecule has 0 aliphatic carbocycles. The molecule has 0 bridgehead atoms. The van der Waals surface area contributed by atoms with Gasteiger partial charge in [-0.2, -0.15) is 0 Å². The Morgan fingerprint density at radius 2 is 1.64 bits per heavy atom. The molecule has 0 aliphatic heterocycles. The fourth-order valence-corrected chi connectivity index (χ4v) is 2.94. The van der Waals surface area contributed by atoms with Gasteiger partial charge >= 0.3 is 0 Å². The summed E-state index contributed by atoms with van der Waals surface area (Å²) in [6.07, 6.45) is 0. The molecule has 3 N–H and O–H groups in total. The molecule has 0 aromatic heterocycles. The number of amides is 2. The standard InChI is InChI=1S/C22H29N3O3/c1-14(2)19-8-7-18(11-16(19)4)28-13-22(27)25-24-21(26)12-23-20-9-6-15(3)10-17(20)5/h6-11,14,23H,12-13H2,1-5H3,(H,24,26)(H,25,27). The average Bonchev–Trinajstić information content (AvgIpc) is 2.63. The van der Waals surface area contributed by atoms with E-state index in [1.807, 2.05) is 57.2 Å². The fourth-order valence-electron chi connectivity index (χ4n) is 2.94. The van der Waals surface area contributed by atoms with Crippen molar-refractivity contribution >= 4 is 17.5 Å². The van der Waals surface area contributed by atoms with Gasteiger partial charge in [-0.3, -0.25) is 20.4 Å². The van der Waals surface area contributed by atoms with Crippen LogP contribution in [0.25, 0.3) is 0 Å². The molecule has 6 nitrogen and oxygen atoms in total. The molecule has 0 aliphatic rings. The van der Waals surface area contributed by atoms with Crippen LogP contribution in [0.5, 0.6) is 5.75 Å². The Morgan fingerprint density at radius 1 is 0.929 bits per heavy atom. The third kappa shape index (κ3) is 6.30. The van der Waals surface area contributed by atoms with Crippen molar-refractivity contribution in [3.8, 4) is 5.75 Å². The normalized spacial score (nSPS) is 10.5. The number of carbonyl (C=O) groups excluding carboxylic acids is 2. The first kappa shape index (κ1) is 21.3. The van der Waals surface area contributed by atoms with E-state index in [-0.39, 0.29) is 19.1 Å². The Kier molecular flexibility index (Phi) is 7.44. The number of aryl methyl sites for hydroxylation is 3. The summed E-state index contributed by atoms with van der Waals surface area (Å²) in [4.78, 5) is 23.8. The topological polar surface area (TPSA) is 79.5 Å². The van der Waals surface area contributed by atoms with Crippen molar-refractivity contribution in [1.29, 1.82) is 0 Å². The van der Waals surface area contributed by atoms with Crippen LogP contribution in [0.15, 0.2) is 36.4 Å². The predicted octanol–water partition coefficient (Wildman–Crippen LogP) is 3.37. The van der Waals surface area contributed by atoms with Crippen LogP contribution >= 0.6 is 0 Å². The van der Waals surface area contributed by atoms with E-state index >= 15 is 0 Å². The van der Waals surface area contributed by atoms with Gasteiger partial charge in [0.1, 0.15) is 5.75 Å². The monoisotopic (exact) mass is 383 g/mol. The average molecular weight is 383 g/mol. The summed E-state index contributed by atoms with van der Waals surface area (Å²) in [6.45, 7) is 10.2. The summed E-state index contributed by atoms with van der Waals surface area (Å²) in [5.41, 5.74) is 10.2. The Hall–Kier alpha value is -3.02. The number of rotatable bonds is 7. The van der Waals surface area contributed by atoms with Gasteiger partial charge in [-0.05, 0) is 61.6 Å². The van der Waals surface area contributed by atoms with Crippen molar-refractivity contribution in [1.82, 2.24) is 10.9 Å². The number of hydrogen-bond donors (Lipinski definition) is 3. The Morgan fingerprint density at radius 3 is 2.29 bits per heavy atom. The third-order valence-corrected chi connectivity index (χ3v) is 4.40. The minimum atomic E-state index is -0.426. The van der Waals surface area contributed by atoms with Crippen LogP contribution in [0.4, 0.5) is 5.69 Å². The second kappa shape index (κ2) is 9.78. The van der Waals surface area contributed by atoms with E-state index in [4.69, 9.17) is 4.74 Å². The maximum absolute atomic E-state index is 11.9. The number of hydrogen-bond acceptors (Lipinski definition) is 4. The zero-order valence-corrected chi connectivity index (χ0v) is 17.2. The van der Waals surface area contributed by atoms with E-state index in [2.05, 4.69) is 30.0 Å². The minimum Gasteiger partial charge on any atom is -0.484 e. The van der Waals surface area contributed by atoms with Crippen LogP contribution in [-0.4, -0.2) is 25.0 Å². The summed E-state index contributed by atoms with van der Waals surface area (Å²) in [6, 6.07) is 11.7. The van der Waals surface area contributed by atoms with Gasteiger partial charge in [-0.1, -0.05) is 37.6 Å². The molecule has 0 fully saturated rings. The van der Waals surface area contributed by atoms with Crippen LogP contribution in [0, 0.1) is 20.8 Å². The number of hydrazine groups is 1. The molecule has 0 saturated carbocycles. The van der Waals surface area contributed by atoms with Gasteiger partial charge in [0.2, 0.25) is 0 Å². The van der Waals surface area contributed by atoms with Crippen molar-refractivity contribution in [3.63, 3.8) is 0 Å². The number of nitrogens with one attached hydrogen (secondary N) is 3. The highest BCUT2D eigenvalue weighted by molar-refractivity contribution is 5.85. The van der Waals surface area contributed by atoms with Crippen LogP contribution in [-0.2, 0) is 9.59 Å². The first-order valence-corrected chi connectivity index (χ1v) is 9.38. The van der Waals surface area contributed by atoms with E-state index in [0.717, 1.165) is 22.4 Å². The van der Waals surface area contributed by atoms with E-state index in [1.165, 1.54) is 5.56 Å². The maximum Gasteiger partial charge on any atom is 0.276 e. The van der Waals surface area contributed by atoms with Crippen molar-refractivity contribution in [2.75, 3.05) is 18.5 Å². The van der Waals surface area contributed by atoms with Crippen LogP contribution in [0.3, 0.4) is 0 Å². The van der Waals surface area contributed by atoms with Gasteiger partial charge in [0.15, 0.2) is 6.61 Å². The number of carbonyl (C=O) groups is 2. The smallest absolute Gasteiger partial charge is 0.276 e. The number of ether oxygens (including phenoxy) is 1. The lowest BCUT2D eigenvalue weighted by molar-refractivity contribution is -0.129. The molecular weight excluding hydrogens is 354 g/mol. The fraction of sp³-hybridized carbons (Fsp3) is 0.364. The van der Waals surface area contributed by atoms with Gasteiger partial charge in [-0.15, -0.1) is 0 Å². The Balaban J connectivity index is 1.73. The third-order valence-electron chi connectivity index (χ3n) is 4.40. The van der Waals surface area contributed by atoms with Crippen molar-refractivity contribution in [2.45, 2.75) is 40.5 Å². The molecule has 0 heterocycles. The largest absolute Gasteiger partial charge is 0.484 e. The van der Waals surface area contributed by atoms with Gasteiger partial charge in [-0.25, -0.2) is 0 Å². The highest BCUT2D eigenvalue weighted by Crippen LogP contribution is 2.23. The summed E-state index contributed by atoms with van der Waals surface area (Å²) >= 11 is 0. The summed E-state index contributed by atoms with van der Waals surface area (Å²) in [5, 5.41) is 3.05. The Bertz CT molecular complexity index is 847. The van der Waals surface area contributed by atoms with E-state index in [1.54, 1.807) is 0 Å². The second-order valence-corrected chi connectivity index (χ2v) is 7.23. The quantitative estimate of drug-likeness (QED) is 0.641. The van der Waals surface area contributed by atoms with Crippen LogP contribution < -0.4 is 20.9 Å². The summed E-state index contributed by atoms with van der Waals surface area (Å²) < 4.78 is 5.49. The lowest BCUT2D eigenvalue weighted by Crippen LogP contribution is -2.46. The SMILES string of the molecule is Cc1ccc(NCC(=O)NNC(=O)COc2ccc(C(C)C)c(C)c2)c(C)c1. The number of anilines is 1. The molecule has 0 saturated heterocycles. The van der Waals surface area contributed by atoms with Gasteiger partial charge in [0.25, 0.3) is 11.8 Å². The molecule has 2 aromatic rings. The van der Waals surface area contributed by atoms with Crippen molar-refractivity contribution < 1.29 is 14.3 Å². The lowest BCUT2D eigenvalue weighted by Gasteiger charge is -2.13. The van der Waals surface area contributed by atoms with E-state index < -0.39 is 5.91 Å². The highest BCUT2D eigenvalue weighted by Gasteiger charge is 2.08. The molecule has 0 unspecified atom stereocenters. The van der Waals surface area contributed by atoms with Crippen LogP contribution in [0.1, 0.15) is 42.0 Å². The summed E-state index contributed by atoms with van der Waals surface area (Å²) in [7, 11) is 0. The van der Waals surface area contributed by atoms with Gasteiger partial charge in [0.05, 0.1) is 6.54 Å². The molecule has 2 rings (SSSR count). The molecule has 0 spiro atoms. The van der Waals surface area contributed by atoms with Crippen molar-refractivity contribution in [2.24, 2.45) is 0 Å². The zero-order valence-electron chi connectivity index (χ0n) is 17.2.